The molecule has 1 aromatic carbocycles. The van der Waals surface area contributed by atoms with Crippen molar-refractivity contribution in [1.29, 1.82) is 0 Å². The van der Waals surface area contributed by atoms with Crippen LogP contribution >= 0.6 is 0 Å². The molecule has 0 N–H and O–H groups in total. The number of carbonyl (C=O) groups is 2. The van der Waals surface area contributed by atoms with Crippen LogP contribution in [0, 0.1) is 0 Å². The molecular weight excluding hydrogens is 378 g/mol. The molecule has 1 aliphatic heterocycles. The second kappa shape index (κ2) is 8.86. The van der Waals surface area contributed by atoms with Gasteiger partial charge >= 0.3 is 6.09 Å². The first kappa shape index (κ1) is 21.8. The Kier molecular flexibility index (Phi) is 6.44. The van der Waals surface area contributed by atoms with E-state index in [0.29, 0.717) is 11.4 Å². The van der Waals surface area contributed by atoms with E-state index in [1.165, 1.54) is 0 Å². The molecule has 0 spiro atoms. The number of hydrogen-bond donors (Lipinski definition) is 0. The molecule has 1 aliphatic rings. The Hall–Kier alpha value is -2.89. The van der Waals surface area contributed by atoms with Crippen LogP contribution in [0.1, 0.15) is 69.4 Å². The number of amides is 2. The monoisotopic (exact) mass is 409 g/mol. The molecule has 0 bridgehead atoms. The number of pyridine rings is 1. The summed E-state index contributed by atoms with van der Waals surface area (Å²) in [5.74, 6) is 0.585. The van der Waals surface area contributed by atoms with Crippen LogP contribution in [0.3, 0.4) is 0 Å². The first-order valence-corrected chi connectivity index (χ1v) is 10.5. The summed E-state index contributed by atoms with van der Waals surface area (Å²) >= 11 is 0. The Morgan fingerprint density at radius 1 is 1.13 bits per heavy atom. The lowest BCUT2D eigenvalue weighted by atomic mass is 10.1. The first-order chi connectivity index (χ1) is 14.2. The van der Waals surface area contributed by atoms with E-state index >= 15 is 0 Å². The largest absolute Gasteiger partial charge is 0.443 e. The summed E-state index contributed by atoms with van der Waals surface area (Å²) in [5.41, 5.74) is 1.10. The second-order valence-electron chi connectivity index (χ2n) is 8.92. The van der Waals surface area contributed by atoms with Crippen LogP contribution in [0.4, 0.5) is 10.6 Å². The second-order valence-corrected chi connectivity index (χ2v) is 8.92. The molecular formula is C24H31N3O3. The van der Waals surface area contributed by atoms with Gasteiger partial charge in [-0.25, -0.2) is 9.78 Å². The predicted octanol–water partition coefficient (Wildman–Crippen LogP) is 5.21. The molecule has 1 atom stereocenters. The molecule has 3 rings (SSSR count). The number of ether oxygens (including phenoxy) is 1. The lowest BCUT2D eigenvalue weighted by Gasteiger charge is -2.30. The highest BCUT2D eigenvalue weighted by molar-refractivity contribution is 5.94. The van der Waals surface area contributed by atoms with Crippen molar-refractivity contribution < 1.29 is 14.3 Å². The Morgan fingerprint density at radius 2 is 1.83 bits per heavy atom. The molecule has 2 heterocycles. The Morgan fingerprint density at radius 3 is 2.40 bits per heavy atom. The number of rotatable bonds is 4. The molecule has 1 fully saturated rings. The zero-order valence-corrected chi connectivity index (χ0v) is 18.5. The minimum atomic E-state index is -0.577. The molecule has 0 saturated carbocycles. The smallest absolute Gasteiger partial charge is 0.416 e. The van der Waals surface area contributed by atoms with Gasteiger partial charge < -0.3 is 9.64 Å². The van der Waals surface area contributed by atoms with E-state index in [9.17, 15) is 9.59 Å². The van der Waals surface area contributed by atoms with Crippen molar-refractivity contribution in [2.75, 3.05) is 11.4 Å². The van der Waals surface area contributed by atoms with Gasteiger partial charge in [0, 0.05) is 24.3 Å². The zero-order valence-electron chi connectivity index (χ0n) is 18.5. The summed E-state index contributed by atoms with van der Waals surface area (Å²) in [4.78, 5) is 33.6. The van der Waals surface area contributed by atoms with Crippen LogP contribution in [-0.2, 0) is 4.74 Å². The zero-order chi connectivity index (χ0) is 21.9. The fourth-order valence-electron chi connectivity index (χ4n) is 3.72. The average Bonchev–Trinajstić information content (AvgIpc) is 3.17. The number of nitrogens with zero attached hydrogens (tertiary/aromatic N) is 3. The molecule has 2 amide bonds. The molecule has 1 saturated heterocycles. The topological polar surface area (TPSA) is 62.7 Å². The number of aromatic nitrogens is 1. The van der Waals surface area contributed by atoms with Gasteiger partial charge in [-0.1, -0.05) is 24.3 Å². The Bertz CT molecular complexity index is 873. The third-order valence-corrected chi connectivity index (χ3v) is 5.04. The van der Waals surface area contributed by atoms with Crippen molar-refractivity contribution in [2.45, 2.75) is 65.1 Å². The van der Waals surface area contributed by atoms with E-state index in [1.807, 2.05) is 82.0 Å². The normalized spacial score (nSPS) is 16.6. The third kappa shape index (κ3) is 4.99. The van der Waals surface area contributed by atoms with E-state index < -0.39 is 11.7 Å². The number of benzene rings is 1. The van der Waals surface area contributed by atoms with Crippen molar-refractivity contribution in [1.82, 2.24) is 9.88 Å². The molecule has 0 aliphatic carbocycles. The summed E-state index contributed by atoms with van der Waals surface area (Å²) < 4.78 is 5.54. The van der Waals surface area contributed by atoms with Gasteiger partial charge in [-0.3, -0.25) is 9.69 Å². The van der Waals surface area contributed by atoms with Crippen LogP contribution in [0.25, 0.3) is 0 Å². The van der Waals surface area contributed by atoms with E-state index in [-0.39, 0.29) is 18.0 Å². The summed E-state index contributed by atoms with van der Waals surface area (Å²) in [5, 5.41) is 0. The summed E-state index contributed by atoms with van der Waals surface area (Å²) in [6.45, 7) is 10.1. The molecule has 2 aromatic rings. The maximum Gasteiger partial charge on any atom is 0.416 e. The lowest BCUT2D eigenvalue weighted by molar-refractivity contribution is 0.0569. The highest BCUT2D eigenvalue weighted by Gasteiger charge is 2.31. The van der Waals surface area contributed by atoms with Crippen LogP contribution in [0.2, 0.25) is 0 Å². The van der Waals surface area contributed by atoms with E-state index in [0.717, 1.165) is 24.9 Å². The lowest BCUT2D eigenvalue weighted by Crippen LogP contribution is -2.41. The molecule has 0 unspecified atom stereocenters. The SMILES string of the molecule is CC(C)N(C(=O)OC(C)(C)C)c1ccc([C@@H]2CCCN2C(=O)c2ccccc2)cn1. The van der Waals surface area contributed by atoms with Gasteiger partial charge in [0.05, 0.1) is 6.04 Å². The Balaban J connectivity index is 1.80. The van der Waals surface area contributed by atoms with Gasteiger partial charge in [0.1, 0.15) is 11.4 Å². The maximum atomic E-state index is 13.0. The molecule has 6 nitrogen and oxygen atoms in total. The van der Waals surface area contributed by atoms with Crippen LogP contribution in [0.15, 0.2) is 48.7 Å². The quantitative estimate of drug-likeness (QED) is 0.695. The van der Waals surface area contributed by atoms with Gasteiger partial charge in [-0.15, -0.1) is 0 Å². The van der Waals surface area contributed by atoms with E-state index in [1.54, 1.807) is 11.1 Å². The fraction of sp³-hybridized carbons (Fsp3) is 0.458. The van der Waals surface area contributed by atoms with E-state index in [2.05, 4.69) is 4.98 Å². The van der Waals surface area contributed by atoms with Gasteiger partial charge in [0.2, 0.25) is 0 Å². The van der Waals surface area contributed by atoms with Crippen molar-refractivity contribution in [3.05, 3.63) is 59.8 Å². The van der Waals surface area contributed by atoms with Crippen LogP contribution in [-0.4, -0.2) is 40.1 Å². The minimum absolute atomic E-state index is 0.00622. The minimum Gasteiger partial charge on any atom is -0.443 e. The number of carbonyl (C=O) groups excluding carboxylic acids is 2. The predicted molar refractivity (Wildman–Crippen MR) is 118 cm³/mol. The maximum absolute atomic E-state index is 13.0. The number of anilines is 1. The standard InChI is InChI=1S/C24H31N3O3/c1-17(2)27(23(29)30-24(3,4)5)21-14-13-19(16-25-21)20-12-9-15-26(20)22(28)18-10-7-6-8-11-18/h6-8,10-11,13-14,16-17,20H,9,12,15H2,1-5H3/t20-/m0/s1. The van der Waals surface area contributed by atoms with Crippen molar-refractivity contribution in [3.8, 4) is 0 Å². The Labute approximate surface area is 178 Å². The van der Waals surface area contributed by atoms with E-state index in [4.69, 9.17) is 4.74 Å². The molecule has 0 radical (unpaired) electrons. The van der Waals surface area contributed by atoms with Crippen molar-refractivity contribution in [2.24, 2.45) is 0 Å². The number of likely N-dealkylation sites (tertiary alicyclic amines) is 1. The number of hydrogen-bond acceptors (Lipinski definition) is 4. The molecule has 160 valence electrons. The van der Waals surface area contributed by atoms with Gasteiger partial charge in [-0.2, -0.15) is 0 Å². The summed E-state index contributed by atoms with van der Waals surface area (Å²) in [6.07, 6.45) is 3.22. The summed E-state index contributed by atoms with van der Waals surface area (Å²) in [7, 11) is 0. The van der Waals surface area contributed by atoms with Crippen molar-refractivity contribution >= 4 is 17.8 Å². The van der Waals surface area contributed by atoms with Gasteiger partial charge in [0.15, 0.2) is 0 Å². The molecule has 1 aromatic heterocycles. The van der Waals surface area contributed by atoms with Crippen LogP contribution in [0.5, 0.6) is 0 Å². The molecule has 30 heavy (non-hydrogen) atoms. The molecule has 6 heteroatoms. The van der Waals surface area contributed by atoms with Gasteiger partial charge in [0.25, 0.3) is 5.91 Å². The third-order valence-electron chi connectivity index (χ3n) is 5.04. The first-order valence-electron chi connectivity index (χ1n) is 10.5. The summed E-state index contributed by atoms with van der Waals surface area (Å²) in [6, 6.07) is 13.1. The van der Waals surface area contributed by atoms with Gasteiger partial charge in [-0.05, 0) is 71.2 Å². The van der Waals surface area contributed by atoms with Crippen molar-refractivity contribution in [3.63, 3.8) is 0 Å². The highest BCUT2D eigenvalue weighted by Crippen LogP contribution is 2.33. The fourth-order valence-corrected chi connectivity index (χ4v) is 3.72. The van der Waals surface area contributed by atoms with Crippen LogP contribution < -0.4 is 4.90 Å². The highest BCUT2D eigenvalue weighted by atomic mass is 16.6. The average molecular weight is 410 g/mol.